The van der Waals surface area contributed by atoms with Crippen molar-refractivity contribution in [3.05, 3.63) is 24.5 Å². The second-order valence-electron chi connectivity index (χ2n) is 4.07. The standard InChI is InChI=1S/C11H18N4O/c1-8(2)5-12-11(16)14-10-6-13-15(7-10)9(3)4/h6-7,9H,1,5H2,2-4H3,(H2,12,14,16). The fourth-order valence-electron chi connectivity index (χ4n) is 1.09. The quantitative estimate of drug-likeness (QED) is 0.767. The van der Waals surface area contributed by atoms with Crippen LogP contribution in [0, 0.1) is 0 Å². The summed E-state index contributed by atoms with van der Waals surface area (Å²) in [5.74, 6) is 0. The number of aromatic nitrogens is 2. The zero-order valence-electron chi connectivity index (χ0n) is 9.95. The molecule has 1 aromatic rings. The van der Waals surface area contributed by atoms with E-state index in [0.717, 1.165) is 5.57 Å². The number of nitrogens with zero attached hydrogens (tertiary/aromatic N) is 2. The molecule has 0 saturated heterocycles. The van der Waals surface area contributed by atoms with Crippen molar-refractivity contribution in [1.29, 1.82) is 0 Å². The van der Waals surface area contributed by atoms with E-state index in [1.807, 2.05) is 20.8 Å². The lowest BCUT2D eigenvalue weighted by molar-refractivity contribution is 0.253. The Bertz CT molecular complexity index is 381. The van der Waals surface area contributed by atoms with Gasteiger partial charge < -0.3 is 10.6 Å². The molecule has 0 spiro atoms. The molecule has 1 aromatic heterocycles. The van der Waals surface area contributed by atoms with Crippen LogP contribution in [0.3, 0.4) is 0 Å². The summed E-state index contributed by atoms with van der Waals surface area (Å²) in [4.78, 5) is 11.4. The maximum atomic E-state index is 11.4. The summed E-state index contributed by atoms with van der Waals surface area (Å²) in [6.07, 6.45) is 3.42. The number of urea groups is 1. The first-order chi connectivity index (χ1) is 7.49. The molecule has 0 unspecified atom stereocenters. The third kappa shape index (κ3) is 3.76. The van der Waals surface area contributed by atoms with Crippen LogP contribution in [0.5, 0.6) is 0 Å². The van der Waals surface area contributed by atoms with Crippen molar-refractivity contribution in [2.75, 3.05) is 11.9 Å². The molecule has 0 radical (unpaired) electrons. The molecule has 5 heteroatoms. The van der Waals surface area contributed by atoms with Gasteiger partial charge in [-0.05, 0) is 20.8 Å². The molecule has 1 heterocycles. The van der Waals surface area contributed by atoms with E-state index in [4.69, 9.17) is 0 Å². The Balaban J connectivity index is 2.46. The third-order valence-corrected chi connectivity index (χ3v) is 1.94. The molecule has 2 N–H and O–H groups in total. The Hall–Kier alpha value is -1.78. The van der Waals surface area contributed by atoms with Crippen LogP contribution < -0.4 is 10.6 Å². The molecule has 0 aromatic carbocycles. The summed E-state index contributed by atoms with van der Waals surface area (Å²) in [7, 11) is 0. The first-order valence-corrected chi connectivity index (χ1v) is 5.22. The average molecular weight is 222 g/mol. The Morgan fingerprint density at radius 1 is 1.62 bits per heavy atom. The normalized spacial score (nSPS) is 10.2. The number of rotatable bonds is 4. The second-order valence-corrected chi connectivity index (χ2v) is 4.07. The molecule has 0 aliphatic rings. The van der Waals surface area contributed by atoms with Crippen LogP contribution in [0.2, 0.25) is 0 Å². The molecule has 5 nitrogen and oxygen atoms in total. The van der Waals surface area contributed by atoms with Crippen molar-refractivity contribution in [3.8, 4) is 0 Å². The second kappa shape index (κ2) is 5.34. The summed E-state index contributed by atoms with van der Waals surface area (Å²) in [6.45, 7) is 10.1. The number of carbonyl (C=O) groups is 1. The molecule has 0 bridgehead atoms. The number of carbonyl (C=O) groups excluding carboxylic acids is 1. The van der Waals surface area contributed by atoms with Crippen molar-refractivity contribution in [2.24, 2.45) is 0 Å². The van der Waals surface area contributed by atoms with Gasteiger partial charge in [0.1, 0.15) is 0 Å². The van der Waals surface area contributed by atoms with Crippen LogP contribution in [0.1, 0.15) is 26.8 Å². The van der Waals surface area contributed by atoms with E-state index < -0.39 is 0 Å². The van der Waals surface area contributed by atoms with Gasteiger partial charge in [-0.25, -0.2) is 4.79 Å². The van der Waals surface area contributed by atoms with Gasteiger partial charge in [-0.1, -0.05) is 12.2 Å². The fourth-order valence-corrected chi connectivity index (χ4v) is 1.09. The Labute approximate surface area is 95.5 Å². The Kier molecular flexibility index (Phi) is 4.10. The molecule has 0 aliphatic carbocycles. The molecule has 16 heavy (non-hydrogen) atoms. The van der Waals surface area contributed by atoms with Crippen molar-refractivity contribution >= 4 is 11.7 Å². The number of nitrogens with one attached hydrogen (secondary N) is 2. The molecular weight excluding hydrogens is 204 g/mol. The first kappa shape index (κ1) is 12.3. The van der Waals surface area contributed by atoms with Crippen LogP contribution in [0.15, 0.2) is 24.5 Å². The highest BCUT2D eigenvalue weighted by molar-refractivity contribution is 5.88. The monoisotopic (exact) mass is 222 g/mol. The molecule has 0 fully saturated rings. The highest BCUT2D eigenvalue weighted by atomic mass is 16.2. The minimum absolute atomic E-state index is 0.244. The summed E-state index contributed by atoms with van der Waals surface area (Å²) >= 11 is 0. The van der Waals surface area contributed by atoms with Gasteiger partial charge in [-0.15, -0.1) is 0 Å². The highest BCUT2D eigenvalue weighted by Crippen LogP contribution is 2.09. The van der Waals surface area contributed by atoms with Gasteiger partial charge in [0.15, 0.2) is 0 Å². The minimum atomic E-state index is -0.244. The number of amides is 2. The maximum Gasteiger partial charge on any atom is 0.319 e. The predicted molar refractivity (Wildman–Crippen MR) is 64.4 cm³/mol. The van der Waals surface area contributed by atoms with Gasteiger partial charge in [-0.2, -0.15) is 5.10 Å². The Morgan fingerprint density at radius 2 is 2.31 bits per heavy atom. The van der Waals surface area contributed by atoms with Gasteiger partial charge >= 0.3 is 6.03 Å². The lowest BCUT2D eigenvalue weighted by atomic mass is 10.3. The average Bonchev–Trinajstić information content (AvgIpc) is 2.63. The third-order valence-electron chi connectivity index (χ3n) is 1.94. The largest absolute Gasteiger partial charge is 0.334 e. The van der Waals surface area contributed by atoms with Gasteiger partial charge in [0.2, 0.25) is 0 Å². The predicted octanol–water partition coefficient (Wildman–Crippen LogP) is 2.16. The molecule has 0 saturated carbocycles. The molecule has 88 valence electrons. The van der Waals surface area contributed by atoms with E-state index in [9.17, 15) is 4.79 Å². The zero-order chi connectivity index (χ0) is 12.1. The Morgan fingerprint density at radius 3 is 2.81 bits per heavy atom. The molecule has 2 amide bonds. The molecule has 0 aliphatic heterocycles. The van der Waals surface area contributed by atoms with Crippen molar-refractivity contribution in [2.45, 2.75) is 26.8 Å². The van der Waals surface area contributed by atoms with Gasteiger partial charge in [0, 0.05) is 18.8 Å². The summed E-state index contributed by atoms with van der Waals surface area (Å²) in [5, 5.41) is 9.50. The molecular formula is C11H18N4O. The lowest BCUT2D eigenvalue weighted by Crippen LogP contribution is -2.29. The fraction of sp³-hybridized carbons (Fsp3) is 0.455. The van der Waals surface area contributed by atoms with Crippen LogP contribution in [0.4, 0.5) is 10.5 Å². The van der Waals surface area contributed by atoms with Gasteiger partial charge in [-0.3, -0.25) is 4.68 Å². The van der Waals surface area contributed by atoms with E-state index in [1.54, 1.807) is 17.1 Å². The topological polar surface area (TPSA) is 59.0 Å². The van der Waals surface area contributed by atoms with Crippen molar-refractivity contribution < 1.29 is 4.79 Å². The SMILES string of the molecule is C=C(C)CNC(=O)Nc1cnn(C(C)C)c1. The zero-order valence-corrected chi connectivity index (χ0v) is 9.95. The first-order valence-electron chi connectivity index (χ1n) is 5.22. The number of hydrogen-bond acceptors (Lipinski definition) is 2. The van der Waals surface area contributed by atoms with E-state index in [1.165, 1.54) is 0 Å². The van der Waals surface area contributed by atoms with Gasteiger partial charge in [0.25, 0.3) is 0 Å². The van der Waals surface area contributed by atoms with Crippen LogP contribution in [-0.4, -0.2) is 22.4 Å². The van der Waals surface area contributed by atoms with E-state index in [2.05, 4.69) is 22.3 Å². The number of anilines is 1. The van der Waals surface area contributed by atoms with Gasteiger partial charge in [0.05, 0.1) is 11.9 Å². The van der Waals surface area contributed by atoms with Crippen molar-refractivity contribution in [3.63, 3.8) is 0 Å². The van der Waals surface area contributed by atoms with Crippen LogP contribution in [0.25, 0.3) is 0 Å². The van der Waals surface area contributed by atoms with Crippen LogP contribution in [-0.2, 0) is 0 Å². The van der Waals surface area contributed by atoms with E-state index in [-0.39, 0.29) is 12.1 Å². The molecule has 1 rings (SSSR count). The minimum Gasteiger partial charge on any atom is -0.334 e. The summed E-state index contributed by atoms with van der Waals surface area (Å²) < 4.78 is 1.79. The highest BCUT2D eigenvalue weighted by Gasteiger charge is 2.04. The smallest absolute Gasteiger partial charge is 0.319 e. The van der Waals surface area contributed by atoms with E-state index >= 15 is 0 Å². The van der Waals surface area contributed by atoms with Crippen LogP contribution >= 0.6 is 0 Å². The maximum absolute atomic E-state index is 11.4. The summed E-state index contributed by atoms with van der Waals surface area (Å²) in [5.41, 5.74) is 1.60. The molecule has 0 atom stereocenters. The van der Waals surface area contributed by atoms with Crippen molar-refractivity contribution in [1.82, 2.24) is 15.1 Å². The van der Waals surface area contributed by atoms with E-state index in [0.29, 0.717) is 12.2 Å². The lowest BCUT2D eigenvalue weighted by Gasteiger charge is -2.05. The summed E-state index contributed by atoms with van der Waals surface area (Å²) in [6, 6.07) is 0.0420. The number of hydrogen-bond donors (Lipinski definition) is 2.